The maximum Gasteiger partial charge on any atom is 0.0411 e. The van der Waals surface area contributed by atoms with Crippen LogP contribution in [-0.2, 0) is 0 Å². The van der Waals surface area contributed by atoms with Gasteiger partial charge in [0.2, 0.25) is 0 Å². The average Bonchev–Trinajstić information content (AvgIpc) is 2.61. The Morgan fingerprint density at radius 1 is 1.20 bits per heavy atom. The van der Waals surface area contributed by atoms with Gasteiger partial charge in [-0.05, 0) is 44.6 Å². The summed E-state index contributed by atoms with van der Waals surface area (Å²) >= 11 is 11.1. The quantitative estimate of drug-likeness (QED) is 0.702. The Morgan fingerprint density at radius 2 is 2.07 bits per heavy atom. The molecule has 2 rings (SSSR count). The molecule has 1 heterocycles. The number of thiophene rings is 1. The van der Waals surface area contributed by atoms with Crippen molar-refractivity contribution in [3.63, 3.8) is 0 Å². The normalized spacial score (nSPS) is 11.1. The van der Waals surface area contributed by atoms with Gasteiger partial charge in [0.15, 0.2) is 0 Å². The molecule has 0 aliphatic heterocycles. The molecule has 1 aromatic carbocycles. The SMILES string of the molecule is Clc1cccc(/C=C/c2cscc2Br)c1. The first-order valence-corrected chi connectivity index (χ1v) is 6.52. The van der Waals surface area contributed by atoms with E-state index in [4.69, 9.17) is 11.6 Å². The first-order valence-electron chi connectivity index (χ1n) is 4.41. The van der Waals surface area contributed by atoms with Crippen molar-refractivity contribution in [1.29, 1.82) is 0 Å². The van der Waals surface area contributed by atoms with Crippen LogP contribution in [0, 0.1) is 0 Å². The summed E-state index contributed by atoms with van der Waals surface area (Å²) < 4.78 is 1.13. The lowest BCUT2D eigenvalue weighted by Crippen LogP contribution is -1.71. The molecule has 76 valence electrons. The molecule has 3 heteroatoms. The van der Waals surface area contributed by atoms with Gasteiger partial charge in [-0.3, -0.25) is 0 Å². The fourth-order valence-electron chi connectivity index (χ4n) is 1.21. The Bertz CT molecular complexity index is 488. The average molecular weight is 300 g/mol. The molecule has 2 aromatic rings. The van der Waals surface area contributed by atoms with Gasteiger partial charge in [-0.2, -0.15) is 11.3 Å². The van der Waals surface area contributed by atoms with Crippen LogP contribution in [0.4, 0.5) is 0 Å². The fraction of sp³-hybridized carbons (Fsp3) is 0. The summed E-state index contributed by atoms with van der Waals surface area (Å²) in [5.41, 5.74) is 2.31. The highest BCUT2D eigenvalue weighted by Gasteiger charge is 1.95. The van der Waals surface area contributed by atoms with Crippen molar-refractivity contribution in [3.05, 3.63) is 55.6 Å². The highest BCUT2D eigenvalue weighted by atomic mass is 79.9. The zero-order valence-electron chi connectivity index (χ0n) is 7.78. The predicted octanol–water partition coefficient (Wildman–Crippen LogP) is 5.33. The lowest BCUT2D eigenvalue weighted by Gasteiger charge is -1.94. The van der Waals surface area contributed by atoms with Crippen molar-refractivity contribution >= 4 is 51.0 Å². The molecule has 0 radical (unpaired) electrons. The van der Waals surface area contributed by atoms with Crippen molar-refractivity contribution in [2.75, 3.05) is 0 Å². The van der Waals surface area contributed by atoms with E-state index < -0.39 is 0 Å². The monoisotopic (exact) mass is 298 g/mol. The van der Waals surface area contributed by atoms with Gasteiger partial charge in [0, 0.05) is 14.9 Å². The summed E-state index contributed by atoms with van der Waals surface area (Å²) in [6.45, 7) is 0. The molecule has 0 saturated heterocycles. The second-order valence-corrected chi connectivity index (χ2v) is 5.10. The minimum absolute atomic E-state index is 0.765. The highest BCUT2D eigenvalue weighted by molar-refractivity contribution is 9.10. The molecular weight excluding hydrogens is 292 g/mol. The Labute approximate surface area is 106 Å². The zero-order valence-corrected chi connectivity index (χ0v) is 10.9. The van der Waals surface area contributed by atoms with E-state index in [1.807, 2.05) is 24.3 Å². The highest BCUT2D eigenvalue weighted by Crippen LogP contribution is 2.23. The number of halogens is 2. The molecule has 0 saturated carbocycles. The standard InChI is InChI=1S/C12H8BrClS/c13-12-8-15-7-10(12)5-4-9-2-1-3-11(14)6-9/h1-8H/b5-4+. The van der Waals surface area contributed by atoms with Crippen LogP contribution in [0.15, 0.2) is 39.5 Å². The summed E-state index contributed by atoms with van der Waals surface area (Å²) in [5.74, 6) is 0. The predicted molar refractivity (Wildman–Crippen MR) is 72.4 cm³/mol. The molecule has 0 aliphatic rings. The molecule has 0 N–H and O–H groups in total. The van der Waals surface area contributed by atoms with Gasteiger partial charge in [-0.1, -0.05) is 35.9 Å². The first-order chi connectivity index (χ1) is 7.25. The van der Waals surface area contributed by atoms with E-state index in [1.165, 1.54) is 5.56 Å². The van der Waals surface area contributed by atoms with Crippen molar-refractivity contribution in [2.24, 2.45) is 0 Å². The van der Waals surface area contributed by atoms with E-state index in [0.29, 0.717) is 0 Å². The van der Waals surface area contributed by atoms with E-state index in [1.54, 1.807) is 11.3 Å². The molecule has 0 nitrogen and oxygen atoms in total. The van der Waals surface area contributed by atoms with Crippen molar-refractivity contribution < 1.29 is 0 Å². The van der Waals surface area contributed by atoms with E-state index in [-0.39, 0.29) is 0 Å². The second kappa shape index (κ2) is 4.97. The molecule has 0 bridgehead atoms. The molecule has 1 aromatic heterocycles. The van der Waals surface area contributed by atoms with Crippen molar-refractivity contribution in [2.45, 2.75) is 0 Å². The molecular formula is C12H8BrClS. The molecule has 0 aliphatic carbocycles. The Morgan fingerprint density at radius 3 is 2.73 bits per heavy atom. The fourth-order valence-corrected chi connectivity index (χ4v) is 2.80. The summed E-state index contributed by atoms with van der Waals surface area (Å²) in [5, 5.41) is 4.93. The number of hydrogen-bond acceptors (Lipinski definition) is 1. The van der Waals surface area contributed by atoms with Crippen LogP contribution in [0.25, 0.3) is 12.2 Å². The Kier molecular flexibility index (Phi) is 3.62. The van der Waals surface area contributed by atoms with Crippen LogP contribution >= 0.6 is 38.9 Å². The molecule has 0 spiro atoms. The maximum absolute atomic E-state index is 5.90. The maximum atomic E-state index is 5.90. The third-order valence-corrected chi connectivity index (χ3v) is 3.93. The number of benzene rings is 1. The van der Waals surface area contributed by atoms with Crippen molar-refractivity contribution in [3.8, 4) is 0 Å². The number of rotatable bonds is 2. The summed E-state index contributed by atoms with van der Waals surface area (Å²) in [7, 11) is 0. The van der Waals surface area contributed by atoms with Gasteiger partial charge in [0.05, 0.1) is 0 Å². The van der Waals surface area contributed by atoms with Crippen LogP contribution in [0.2, 0.25) is 5.02 Å². The van der Waals surface area contributed by atoms with Gasteiger partial charge in [0.25, 0.3) is 0 Å². The van der Waals surface area contributed by atoms with E-state index in [9.17, 15) is 0 Å². The van der Waals surface area contributed by atoms with Gasteiger partial charge in [-0.15, -0.1) is 0 Å². The molecule has 0 fully saturated rings. The van der Waals surface area contributed by atoms with Crippen LogP contribution in [-0.4, -0.2) is 0 Å². The molecule has 15 heavy (non-hydrogen) atoms. The van der Waals surface area contributed by atoms with E-state index in [0.717, 1.165) is 15.1 Å². The van der Waals surface area contributed by atoms with Crippen LogP contribution < -0.4 is 0 Å². The molecule has 0 amide bonds. The van der Waals surface area contributed by atoms with Gasteiger partial charge in [-0.25, -0.2) is 0 Å². The Hall–Kier alpha value is -0.570. The van der Waals surface area contributed by atoms with Crippen LogP contribution in [0.1, 0.15) is 11.1 Å². The largest absolute Gasteiger partial charge is 0.151 e. The second-order valence-electron chi connectivity index (χ2n) is 3.06. The summed E-state index contributed by atoms with van der Waals surface area (Å²) in [6, 6.07) is 7.80. The number of hydrogen-bond donors (Lipinski definition) is 0. The van der Waals surface area contributed by atoms with Crippen LogP contribution in [0.3, 0.4) is 0 Å². The minimum Gasteiger partial charge on any atom is -0.151 e. The summed E-state index contributed by atoms with van der Waals surface area (Å²) in [4.78, 5) is 0. The third-order valence-electron chi connectivity index (χ3n) is 1.95. The summed E-state index contributed by atoms with van der Waals surface area (Å²) in [6.07, 6.45) is 4.13. The lowest BCUT2D eigenvalue weighted by atomic mass is 10.2. The lowest BCUT2D eigenvalue weighted by molar-refractivity contribution is 1.66. The van der Waals surface area contributed by atoms with E-state index >= 15 is 0 Å². The topological polar surface area (TPSA) is 0 Å². The van der Waals surface area contributed by atoms with Gasteiger partial charge in [0.1, 0.15) is 0 Å². The van der Waals surface area contributed by atoms with Gasteiger partial charge < -0.3 is 0 Å². The first kappa shape index (κ1) is 10.9. The van der Waals surface area contributed by atoms with Crippen molar-refractivity contribution in [1.82, 2.24) is 0 Å². The molecule has 0 atom stereocenters. The van der Waals surface area contributed by atoms with E-state index in [2.05, 4.69) is 38.8 Å². The minimum atomic E-state index is 0.765. The van der Waals surface area contributed by atoms with Gasteiger partial charge >= 0.3 is 0 Å². The smallest absolute Gasteiger partial charge is 0.0411 e. The zero-order chi connectivity index (χ0) is 10.7. The molecule has 0 unspecified atom stereocenters. The van der Waals surface area contributed by atoms with Crippen LogP contribution in [0.5, 0.6) is 0 Å². The third kappa shape index (κ3) is 2.94. The Balaban J connectivity index is 2.22.